The normalized spacial score (nSPS) is 18.8. The van der Waals surface area contributed by atoms with Gasteiger partial charge in [0.25, 0.3) is 0 Å². The molecule has 17 heavy (non-hydrogen) atoms. The van der Waals surface area contributed by atoms with Gasteiger partial charge in [0.15, 0.2) is 0 Å². The molecular weight excluding hydrogens is 214 g/mol. The average Bonchev–Trinajstić information content (AvgIpc) is 2.29. The molecule has 0 aliphatic carbocycles. The van der Waals surface area contributed by atoms with Crippen molar-refractivity contribution in [2.75, 3.05) is 26.2 Å². The average molecular weight is 233 g/mol. The van der Waals surface area contributed by atoms with E-state index in [1.54, 1.807) is 0 Å². The van der Waals surface area contributed by atoms with Gasteiger partial charge in [-0.2, -0.15) is 0 Å². The Morgan fingerprint density at radius 3 is 2.94 bits per heavy atom. The third kappa shape index (κ3) is 3.05. The summed E-state index contributed by atoms with van der Waals surface area (Å²) in [5.74, 6) is 0.0910. The number of piperazine rings is 1. The number of hydrogen-bond acceptors (Lipinski definition) is 3. The van der Waals surface area contributed by atoms with Crippen molar-refractivity contribution >= 4 is 5.91 Å². The molecule has 0 saturated carbocycles. The third-order valence-electron chi connectivity index (χ3n) is 3.16. The first-order valence-corrected chi connectivity index (χ1v) is 5.97. The van der Waals surface area contributed by atoms with E-state index in [1.807, 2.05) is 12.1 Å². The van der Waals surface area contributed by atoms with Gasteiger partial charge in [0.2, 0.25) is 5.91 Å². The molecule has 1 atom stereocenters. The van der Waals surface area contributed by atoms with Gasteiger partial charge >= 0.3 is 0 Å². The molecule has 2 rings (SSSR count). The second kappa shape index (κ2) is 5.29. The van der Waals surface area contributed by atoms with Gasteiger partial charge in [-0.15, -0.1) is 0 Å². The zero-order valence-corrected chi connectivity index (χ0v) is 10.1. The summed E-state index contributed by atoms with van der Waals surface area (Å²) >= 11 is 0. The van der Waals surface area contributed by atoms with Crippen LogP contribution in [-0.2, 0) is 4.79 Å². The van der Waals surface area contributed by atoms with Crippen LogP contribution in [0.2, 0.25) is 0 Å². The quantitative estimate of drug-likeness (QED) is 0.796. The molecule has 1 heterocycles. The van der Waals surface area contributed by atoms with Gasteiger partial charge in [-0.25, -0.2) is 0 Å². The predicted octanol–water partition coefficient (Wildman–Crippen LogP) is 0.427. The van der Waals surface area contributed by atoms with Gasteiger partial charge in [-0.1, -0.05) is 24.3 Å². The molecule has 1 aliphatic rings. The van der Waals surface area contributed by atoms with Crippen molar-refractivity contribution in [3.8, 4) is 0 Å². The molecule has 1 fully saturated rings. The van der Waals surface area contributed by atoms with Gasteiger partial charge in [0.05, 0.1) is 6.54 Å². The van der Waals surface area contributed by atoms with Crippen molar-refractivity contribution < 1.29 is 4.79 Å². The zero-order valence-electron chi connectivity index (χ0n) is 10.1. The van der Waals surface area contributed by atoms with Gasteiger partial charge in [0.1, 0.15) is 0 Å². The van der Waals surface area contributed by atoms with E-state index >= 15 is 0 Å². The fourth-order valence-corrected chi connectivity index (χ4v) is 2.23. The summed E-state index contributed by atoms with van der Waals surface area (Å²) in [5, 5.41) is 2.81. The first kappa shape index (κ1) is 12.1. The fraction of sp³-hybridized carbons (Fsp3) is 0.462. The standard InChI is InChI=1S/C13H19N3O/c1-10-4-2-3-5-11(10)12(14)8-16-7-6-15-13(17)9-16/h2-5,12H,6-9,14H2,1H3,(H,15,17). The van der Waals surface area contributed by atoms with Crippen molar-refractivity contribution in [2.45, 2.75) is 13.0 Å². The molecule has 1 aromatic rings. The number of nitrogens with one attached hydrogen (secondary N) is 1. The second-order valence-corrected chi connectivity index (χ2v) is 4.55. The number of hydrogen-bond donors (Lipinski definition) is 2. The van der Waals surface area contributed by atoms with E-state index in [2.05, 4.69) is 29.3 Å². The maximum absolute atomic E-state index is 11.3. The van der Waals surface area contributed by atoms with Crippen LogP contribution in [-0.4, -0.2) is 37.0 Å². The highest BCUT2D eigenvalue weighted by Crippen LogP contribution is 2.16. The number of amides is 1. The summed E-state index contributed by atoms with van der Waals surface area (Å²) < 4.78 is 0. The molecule has 0 aromatic heterocycles. The third-order valence-corrected chi connectivity index (χ3v) is 3.16. The maximum atomic E-state index is 11.3. The van der Waals surface area contributed by atoms with E-state index in [-0.39, 0.29) is 11.9 Å². The highest BCUT2D eigenvalue weighted by atomic mass is 16.2. The molecule has 0 bridgehead atoms. The van der Waals surface area contributed by atoms with Gasteiger partial charge in [-0.05, 0) is 18.1 Å². The summed E-state index contributed by atoms with van der Waals surface area (Å²) in [6.07, 6.45) is 0. The molecule has 4 heteroatoms. The Kier molecular flexibility index (Phi) is 3.76. The van der Waals surface area contributed by atoms with E-state index in [4.69, 9.17) is 5.73 Å². The van der Waals surface area contributed by atoms with E-state index in [0.29, 0.717) is 6.54 Å². The molecule has 1 amide bonds. The predicted molar refractivity (Wildman–Crippen MR) is 67.6 cm³/mol. The first-order valence-electron chi connectivity index (χ1n) is 5.97. The molecule has 3 N–H and O–H groups in total. The summed E-state index contributed by atoms with van der Waals surface area (Å²) in [6, 6.07) is 8.12. The monoisotopic (exact) mass is 233 g/mol. The molecule has 92 valence electrons. The molecule has 4 nitrogen and oxygen atoms in total. The largest absolute Gasteiger partial charge is 0.354 e. The van der Waals surface area contributed by atoms with E-state index < -0.39 is 0 Å². The Bertz CT molecular complexity index is 405. The number of carbonyl (C=O) groups excluding carboxylic acids is 1. The van der Waals surface area contributed by atoms with Crippen molar-refractivity contribution in [3.63, 3.8) is 0 Å². The number of rotatable bonds is 3. The number of nitrogens with two attached hydrogens (primary N) is 1. The van der Waals surface area contributed by atoms with Crippen molar-refractivity contribution in [1.82, 2.24) is 10.2 Å². The van der Waals surface area contributed by atoms with Crippen LogP contribution >= 0.6 is 0 Å². The van der Waals surface area contributed by atoms with Crippen molar-refractivity contribution in [3.05, 3.63) is 35.4 Å². The molecule has 0 radical (unpaired) electrons. The lowest BCUT2D eigenvalue weighted by molar-refractivity contribution is -0.124. The fourth-order valence-electron chi connectivity index (χ4n) is 2.23. The smallest absolute Gasteiger partial charge is 0.234 e. The van der Waals surface area contributed by atoms with Crippen molar-refractivity contribution in [1.29, 1.82) is 0 Å². The minimum Gasteiger partial charge on any atom is -0.354 e. The number of nitrogens with zero attached hydrogens (tertiary/aromatic N) is 1. The Morgan fingerprint density at radius 2 is 2.24 bits per heavy atom. The molecule has 0 spiro atoms. The highest BCUT2D eigenvalue weighted by Gasteiger charge is 2.19. The Morgan fingerprint density at radius 1 is 1.47 bits per heavy atom. The molecule has 1 aliphatic heterocycles. The number of carbonyl (C=O) groups is 1. The Balaban J connectivity index is 1.99. The Labute approximate surface area is 102 Å². The van der Waals surface area contributed by atoms with Crippen LogP contribution < -0.4 is 11.1 Å². The van der Waals surface area contributed by atoms with Crippen LogP contribution in [0.15, 0.2) is 24.3 Å². The summed E-state index contributed by atoms with van der Waals surface area (Å²) in [5.41, 5.74) is 8.57. The minimum absolute atomic E-state index is 0.0258. The van der Waals surface area contributed by atoms with Crippen LogP contribution in [0.25, 0.3) is 0 Å². The lowest BCUT2D eigenvalue weighted by atomic mass is 10.0. The van der Waals surface area contributed by atoms with Crippen LogP contribution in [0.1, 0.15) is 17.2 Å². The highest BCUT2D eigenvalue weighted by molar-refractivity contribution is 5.78. The second-order valence-electron chi connectivity index (χ2n) is 4.55. The summed E-state index contributed by atoms with van der Waals surface area (Å²) in [6.45, 7) is 4.86. The maximum Gasteiger partial charge on any atom is 0.234 e. The topological polar surface area (TPSA) is 58.4 Å². The Hall–Kier alpha value is -1.39. The van der Waals surface area contributed by atoms with Gasteiger partial charge in [0, 0.05) is 25.7 Å². The lowest BCUT2D eigenvalue weighted by Crippen LogP contribution is -2.49. The summed E-state index contributed by atoms with van der Waals surface area (Å²) in [7, 11) is 0. The first-order chi connectivity index (χ1) is 8.16. The van der Waals surface area contributed by atoms with E-state index in [1.165, 1.54) is 11.1 Å². The van der Waals surface area contributed by atoms with E-state index in [9.17, 15) is 4.79 Å². The van der Waals surface area contributed by atoms with Crippen molar-refractivity contribution in [2.24, 2.45) is 5.73 Å². The SMILES string of the molecule is Cc1ccccc1C(N)CN1CCNC(=O)C1. The van der Waals surface area contributed by atoms with Crippen LogP contribution in [0, 0.1) is 6.92 Å². The number of aryl methyl sites for hydroxylation is 1. The molecule has 1 unspecified atom stereocenters. The van der Waals surface area contributed by atoms with Crippen LogP contribution in [0.5, 0.6) is 0 Å². The number of benzene rings is 1. The van der Waals surface area contributed by atoms with Crippen LogP contribution in [0.4, 0.5) is 0 Å². The molecule has 1 saturated heterocycles. The minimum atomic E-state index is -0.0258. The van der Waals surface area contributed by atoms with Gasteiger partial charge < -0.3 is 11.1 Å². The van der Waals surface area contributed by atoms with Crippen LogP contribution in [0.3, 0.4) is 0 Å². The zero-order chi connectivity index (χ0) is 12.3. The molecular formula is C13H19N3O. The molecule has 1 aromatic carbocycles. The lowest BCUT2D eigenvalue weighted by Gasteiger charge is -2.29. The van der Waals surface area contributed by atoms with Gasteiger partial charge in [-0.3, -0.25) is 9.69 Å². The van der Waals surface area contributed by atoms with E-state index in [0.717, 1.165) is 19.6 Å². The summed E-state index contributed by atoms with van der Waals surface area (Å²) in [4.78, 5) is 13.4.